The molecule has 7 nitrogen and oxygen atoms in total. The summed E-state index contributed by atoms with van der Waals surface area (Å²) < 4.78 is 12.4. The Morgan fingerprint density at radius 3 is 2.23 bits per heavy atom. The second-order valence-electron chi connectivity index (χ2n) is 12.3. The van der Waals surface area contributed by atoms with E-state index in [1.54, 1.807) is 13.1 Å². The summed E-state index contributed by atoms with van der Waals surface area (Å²) in [6, 6.07) is 20.7. The molecule has 0 spiro atoms. The van der Waals surface area contributed by atoms with Crippen molar-refractivity contribution < 1.29 is 18.8 Å². The number of aliphatic imine (C=N–C) groups is 1. The molecule has 0 amide bonds. The summed E-state index contributed by atoms with van der Waals surface area (Å²) in [4.78, 5) is 31.7. The number of ether oxygens (including phenoxy) is 1. The van der Waals surface area contributed by atoms with E-state index in [-0.39, 0.29) is 42.1 Å². The average molecular weight is 600 g/mol. The molecule has 2 heterocycles. The van der Waals surface area contributed by atoms with Gasteiger partial charge >= 0.3 is 5.97 Å². The van der Waals surface area contributed by atoms with E-state index in [2.05, 4.69) is 73.7 Å². The summed E-state index contributed by atoms with van der Waals surface area (Å²) in [6.45, 7) is 15.9. The quantitative estimate of drug-likeness (QED) is 0.0807. The maximum absolute atomic E-state index is 13.9. The third kappa shape index (κ3) is 6.97. The Kier molecular flexibility index (Phi) is 10.7. The highest BCUT2D eigenvalue weighted by atomic mass is 28.4. The first kappa shape index (κ1) is 32.3. The number of ketones is 1. The smallest absolute Gasteiger partial charge is 0.317 e. The standard InChI is InChI=1S/C35H45N3O4Si/c1-7-9-16-26-22-36-23-30-31(26)37-38-32(30)33(39)29(34(40)41-8-2)21-25(3)24-42-43(35(4,5)6,27-17-12-10-13-18-27)28-19-14-11-15-20-28/h10-15,17-20,23,26,29H,3,7-9,16,21-22,24H2,1-2,4-6H3,(H,37,38). The van der Waals surface area contributed by atoms with Crippen LogP contribution in [0.3, 0.4) is 0 Å². The Morgan fingerprint density at radius 1 is 1.05 bits per heavy atom. The van der Waals surface area contributed by atoms with Crippen molar-refractivity contribution in [2.24, 2.45) is 10.9 Å². The first-order valence-corrected chi connectivity index (χ1v) is 17.2. The van der Waals surface area contributed by atoms with Gasteiger partial charge in [-0.2, -0.15) is 5.10 Å². The van der Waals surface area contributed by atoms with Crippen molar-refractivity contribution in [3.05, 3.63) is 89.8 Å². The van der Waals surface area contributed by atoms with E-state index in [9.17, 15) is 9.59 Å². The van der Waals surface area contributed by atoms with E-state index in [1.165, 1.54) is 0 Å². The number of Topliss-reactive ketones (excluding diaryl/α,β-unsaturated/α-hetero) is 1. The first-order valence-electron chi connectivity index (χ1n) is 15.3. The van der Waals surface area contributed by atoms with Crippen molar-refractivity contribution in [2.45, 2.75) is 71.3 Å². The van der Waals surface area contributed by atoms with Crippen LogP contribution < -0.4 is 10.4 Å². The highest BCUT2D eigenvalue weighted by Gasteiger charge is 2.50. The van der Waals surface area contributed by atoms with E-state index in [4.69, 9.17) is 9.16 Å². The van der Waals surface area contributed by atoms with Gasteiger partial charge in [-0.05, 0) is 35.2 Å². The molecule has 8 heteroatoms. The lowest BCUT2D eigenvalue weighted by molar-refractivity contribution is -0.146. The number of nitrogens with zero attached hydrogens (tertiary/aromatic N) is 2. The second kappa shape index (κ2) is 14.2. The van der Waals surface area contributed by atoms with Crippen molar-refractivity contribution in [1.82, 2.24) is 10.2 Å². The van der Waals surface area contributed by atoms with Gasteiger partial charge in [0.15, 0.2) is 5.78 Å². The van der Waals surface area contributed by atoms with Gasteiger partial charge in [0.25, 0.3) is 8.32 Å². The molecule has 0 aliphatic carbocycles. The van der Waals surface area contributed by atoms with Crippen LogP contribution in [0.15, 0.2) is 77.8 Å². The molecule has 0 bridgehead atoms. The number of unbranched alkanes of at least 4 members (excludes halogenated alkanes) is 1. The molecule has 3 aromatic rings. The fourth-order valence-corrected chi connectivity index (χ4v) is 10.6. The second-order valence-corrected chi connectivity index (χ2v) is 16.6. The molecule has 228 valence electrons. The van der Waals surface area contributed by atoms with Crippen molar-refractivity contribution in [3.8, 4) is 0 Å². The highest BCUT2D eigenvalue weighted by molar-refractivity contribution is 6.99. The fraction of sp³-hybridized carbons (Fsp3) is 0.429. The number of benzene rings is 2. The third-order valence-corrected chi connectivity index (χ3v) is 13.2. The zero-order chi connectivity index (χ0) is 31.0. The number of carbonyl (C=O) groups is 2. The molecular formula is C35H45N3O4Si. The number of esters is 1. The van der Waals surface area contributed by atoms with E-state index >= 15 is 0 Å². The molecule has 0 fully saturated rings. The number of aromatic nitrogens is 2. The monoisotopic (exact) mass is 599 g/mol. The normalized spacial score (nSPS) is 15.5. The summed E-state index contributed by atoms with van der Waals surface area (Å²) in [6.07, 6.45) is 4.93. The summed E-state index contributed by atoms with van der Waals surface area (Å²) in [5.74, 6) is -1.85. The van der Waals surface area contributed by atoms with Crippen LogP contribution in [0.2, 0.25) is 5.04 Å². The summed E-state index contributed by atoms with van der Waals surface area (Å²) >= 11 is 0. The summed E-state index contributed by atoms with van der Waals surface area (Å²) in [7, 11) is -2.82. The van der Waals surface area contributed by atoms with Crippen molar-refractivity contribution in [3.63, 3.8) is 0 Å². The topological polar surface area (TPSA) is 93.6 Å². The minimum absolute atomic E-state index is 0.105. The molecule has 43 heavy (non-hydrogen) atoms. The van der Waals surface area contributed by atoms with Gasteiger partial charge in [0, 0.05) is 29.9 Å². The predicted octanol–water partition coefficient (Wildman–Crippen LogP) is 6.00. The number of nitrogens with one attached hydrogen (secondary N) is 1. The number of fused-ring (bicyclic) bond motifs is 1. The fourth-order valence-electron chi connectivity index (χ4n) is 6.05. The number of carbonyl (C=O) groups excluding carboxylic acids is 2. The molecule has 1 aliphatic rings. The van der Waals surface area contributed by atoms with Gasteiger partial charge < -0.3 is 9.16 Å². The molecule has 2 aromatic carbocycles. The number of aromatic amines is 1. The van der Waals surface area contributed by atoms with Crippen LogP contribution in [-0.4, -0.2) is 56.2 Å². The SMILES string of the molecule is C=C(CO[Si](c1ccccc1)(c1ccccc1)C(C)(C)C)CC(C(=O)OCC)C(=O)c1n[nH]c2c1C=NCC2CCCC. The maximum Gasteiger partial charge on any atom is 0.317 e. The minimum Gasteiger partial charge on any atom is -0.465 e. The molecule has 0 saturated carbocycles. The molecule has 4 rings (SSSR count). The van der Waals surface area contributed by atoms with E-state index in [1.807, 2.05) is 36.4 Å². The largest absolute Gasteiger partial charge is 0.465 e. The summed E-state index contributed by atoms with van der Waals surface area (Å²) in [5.41, 5.74) is 2.49. The molecule has 1 aliphatic heterocycles. The van der Waals surface area contributed by atoms with Crippen molar-refractivity contribution >= 4 is 36.7 Å². The molecule has 0 radical (unpaired) electrons. The Morgan fingerprint density at radius 2 is 1.67 bits per heavy atom. The third-order valence-electron chi connectivity index (χ3n) is 8.22. The van der Waals surface area contributed by atoms with Crippen LogP contribution in [0.1, 0.15) is 88.0 Å². The molecule has 1 N–H and O–H groups in total. The number of hydrogen-bond donors (Lipinski definition) is 1. The van der Waals surface area contributed by atoms with Gasteiger partial charge in [0.2, 0.25) is 0 Å². The van der Waals surface area contributed by atoms with Gasteiger partial charge in [-0.1, -0.05) is 113 Å². The van der Waals surface area contributed by atoms with Crippen LogP contribution in [0.5, 0.6) is 0 Å². The van der Waals surface area contributed by atoms with Gasteiger partial charge in [-0.3, -0.25) is 19.7 Å². The van der Waals surface area contributed by atoms with Gasteiger partial charge in [0.1, 0.15) is 11.6 Å². The molecule has 1 aromatic heterocycles. The molecule has 2 unspecified atom stereocenters. The van der Waals surface area contributed by atoms with Crippen LogP contribution in [-0.2, 0) is 14.0 Å². The van der Waals surface area contributed by atoms with Crippen LogP contribution in [0.4, 0.5) is 0 Å². The Hall–Kier alpha value is -3.62. The average Bonchev–Trinajstić information content (AvgIpc) is 3.44. The van der Waals surface area contributed by atoms with E-state index in [0.717, 1.165) is 35.3 Å². The van der Waals surface area contributed by atoms with Gasteiger partial charge in [-0.25, -0.2) is 0 Å². The zero-order valence-corrected chi connectivity index (χ0v) is 27.2. The molecule has 2 atom stereocenters. The Bertz CT molecular complexity index is 1390. The number of rotatable bonds is 14. The first-order chi connectivity index (χ1) is 20.6. The van der Waals surface area contributed by atoms with E-state index in [0.29, 0.717) is 17.7 Å². The number of hydrogen-bond acceptors (Lipinski definition) is 6. The van der Waals surface area contributed by atoms with Crippen molar-refractivity contribution in [1.29, 1.82) is 0 Å². The predicted molar refractivity (Wildman–Crippen MR) is 175 cm³/mol. The highest BCUT2D eigenvalue weighted by Crippen LogP contribution is 2.37. The van der Waals surface area contributed by atoms with Crippen LogP contribution in [0, 0.1) is 5.92 Å². The zero-order valence-electron chi connectivity index (χ0n) is 26.2. The molecule has 0 saturated heterocycles. The Balaban J connectivity index is 1.61. The summed E-state index contributed by atoms with van der Waals surface area (Å²) in [5, 5.41) is 9.57. The molecular weight excluding hydrogens is 554 g/mol. The van der Waals surface area contributed by atoms with Crippen LogP contribution >= 0.6 is 0 Å². The lowest BCUT2D eigenvalue weighted by Crippen LogP contribution is -2.66. The lowest BCUT2D eigenvalue weighted by Gasteiger charge is -2.43. The Labute approximate surface area is 256 Å². The van der Waals surface area contributed by atoms with Gasteiger partial charge in [0.05, 0.1) is 13.2 Å². The number of H-pyrrole nitrogens is 1. The lowest BCUT2D eigenvalue weighted by atomic mass is 9.89. The van der Waals surface area contributed by atoms with Crippen LogP contribution in [0.25, 0.3) is 0 Å². The van der Waals surface area contributed by atoms with Gasteiger partial charge in [-0.15, -0.1) is 0 Å². The van der Waals surface area contributed by atoms with Crippen molar-refractivity contribution in [2.75, 3.05) is 19.8 Å². The maximum atomic E-state index is 13.9. The van der Waals surface area contributed by atoms with E-state index < -0.39 is 20.2 Å². The minimum atomic E-state index is -2.82.